The zero-order valence-electron chi connectivity index (χ0n) is 16.1. The van der Waals surface area contributed by atoms with Crippen molar-refractivity contribution in [2.45, 2.75) is 18.5 Å². The minimum Gasteiger partial charge on any atom is -0.507 e. The molecule has 4 rings (SSSR count). The van der Waals surface area contributed by atoms with Crippen LogP contribution in [0.25, 0.3) is 11.3 Å². The number of benzene rings is 2. The van der Waals surface area contributed by atoms with Crippen LogP contribution in [0.4, 0.5) is 15.9 Å². The van der Waals surface area contributed by atoms with Crippen LogP contribution in [0, 0.1) is 0 Å². The standard InChI is InChI=1S/C22H21FN4O3/c23-16-9-15(13-5-7-14(8-6-13)22(29)30)11-27(12-16)19-10-18(25-26-21(19)24)17-3-1-2-4-20(17)28/h1-8,10,15-16,28H,9,11-12H2,(H2,24,26)(H,29,30). The molecule has 2 atom stereocenters. The number of carboxylic acids is 1. The molecule has 7 nitrogen and oxygen atoms in total. The molecule has 1 aromatic heterocycles. The average Bonchev–Trinajstić information content (AvgIpc) is 2.74. The molecule has 1 aliphatic rings. The molecular formula is C22H21FN4O3. The Balaban J connectivity index is 1.64. The van der Waals surface area contributed by atoms with Gasteiger partial charge < -0.3 is 20.8 Å². The van der Waals surface area contributed by atoms with Crippen LogP contribution in [0.5, 0.6) is 5.75 Å². The number of anilines is 2. The van der Waals surface area contributed by atoms with Crippen LogP contribution >= 0.6 is 0 Å². The van der Waals surface area contributed by atoms with Gasteiger partial charge in [-0.05, 0) is 42.3 Å². The molecule has 0 aliphatic carbocycles. The first kappa shape index (κ1) is 19.6. The van der Waals surface area contributed by atoms with E-state index in [2.05, 4.69) is 10.2 Å². The van der Waals surface area contributed by atoms with E-state index in [1.165, 1.54) is 12.1 Å². The minimum absolute atomic E-state index is 0.0703. The molecule has 0 amide bonds. The van der Waals surface area contributed by atoms with Crippen molar-refractivity contribution >= 4 is 17.5 Å². The number of aromatic carboxylic acids is 1. The Morgan fingerprint density at radius 2 is 1.83 bits per heavy atom. The zero-order chi connectivity index (χ0) is 21.3. The largest absolute Gasteiger partial charge is 0.507 e. The number of nitrogen functional groups attached to an aromatic ring is 1. The van der Waals surface area contributed by atoms with E-state index in [-0.39, 0.29) is 29.6 Å². The highest BCUT2D eigenvalue weighted by atomic mass is 19.1. The molecule has 30 heavy (non-hydrogen) atoms. The second-order valence-corrected chi connectivity index (χ2v) is 7.38. The lowest BCUT2D eigenvalue weighted by Gasteiger charge is -2.36. The van der Waals surface area contributed by atoms with Crippen molar-refractivity contribution in [2.24, 2.45) is 0 Å². The van der Waals surface area contributed by atoms with Crippen molar-refractivity contribution in [3.8, 4) is 17.0 Å². The summed E-state index contributed by atoms with van der Waals surface area (Å²) in [5.41, 5.74) is 8.63. The van der Waals surface area contributed by atoms with Crippen molar-refractivity contribution in [3.63, 3.8) is 0 Å². The van der Waals surface area contributed by atoms with Gasteiger partial charge in [0.15, 0.2) is 5.82 Å². The fourth-order valence-corrected chi connectivity index (χ4v) is 3.84. The number of halogens is 1. The molecule has 1 fully saturated rings. The van der Waals surface area contributed by atoms with Crippen LogP contribution in [0.15, 0.2) is 54.6 Å². The van der Waals surface area contributed by atoms with Gasteiger partial charge in [0.2, 0.25) is 0 Å². The minimum atomic E-state index is -1.08. The molecular weight excluding hydrogens is 387 g/mol. The summed E-state index contributed by atoms with van der Waals surface area (Å²) in [4.78, 5) is 12.9. The number of hydrogen-bond acceptors (Lipinski definition) is 6. The van der Waals surface area contributed by atoms with E-state index in [4.69, 9.17) is 10.8 Å². The summed E-state index contributed by atoms with van der Waals surface area (Å²) in [5.74, 6) is -0.871. The summed E-state index contributed by atoms with van der Waals surface area (Å²) in [7, 11) is 0. The Hall–Kier alpha value is -3.68. The smallest absolute Gasteiger partial charge is 0.335 e. The lowest BCUT2D eigenvalue weighted by Crippen LogP contribution is -2.41. The van der Waals surface area contributed by atoms with Crippen LogP contribution in [0.2, 0.25) is 0 Å². The van der Waals surface area contributed by atoms with E-state index in [1.54, 1.807) is 42.5 Å². The Morgan fingerprint density at radius 1 is 1.10 bits per heavy atom. The fraction of sp³-hybridized carbons (Fsp3) is 0.227. The van der Waals surface area contributed by atoms with Crippen LogP contribution < -0.4 is 10.6 Å². The SMILES string of the molecule is Nc1nnc(-c2ccccc2O)cc1N1CC(F)CC(c2ccc(C(=O)O)cc2)C1. The second kappa shape index (κ2) is 7.98. The number of piperidine rings is 1. The second-order valence-electron chi connectivity index (χ2n) is 7.38. The van der Waals surface area contributed by atoms with Gasteiger partial charge in [-0.2, -0.15) is 0 Å². The summed E-state index contributed by atoms with van der Waals surface area (Å²) in [6.07, 6.45) is -0.739. The van der Waals surface area contributed by atoms with Crippen LogP contribution in [0.3, 0.4) is 0 Å². The molecule has 2 aromatic carbocycles. The number of nitrogens with zero attached hydrogens (tertiary/aromatic N) is 3. The van der Waals surface area contributed by atoms with Gasteiger partial charge >= 0.3 is 5.97 Å². The maximum absolute atomic E-state index is 14.6. The summed E-state index contributed by atoms with van der Waals surface area (Å²) in [6.45, 7) is 0.669. The number of nitrogens with two attached hydrogens (primary N) is 1. The molecule has 0 radical (unpaired) electrons. The first-order chi connectivity index (χ1) is 14.4. The monoisotopic (exact) mass is 408 g/mol. The van der Waals surface area contributed by atoms with E-state index in [9.17, 15) is 14.3 Å². The van der Waals surface area contributed by atoms with Gasteiger partial charge in [-0.25, -0.2) is 9.18 Å². The predicted molar refractivity (Wildman–Crippen MR) is 111 cm³/mol. The van der Waals surface area contributed by atoms with Gasteiger partial charge in [-0.3, -0.25) is 0 Å². The molecule has 154 valence electrons. The molecule has 2 heterocycles. The maximum Gasteiger partial charge on any atom is 0.335 e. The van der Waals surface area contributed by atoms with Crippen LogP contribution in [-0.4, -0.2) is 45.6 Å². The van der Waals surface area contributed by atoms with E-state index < -0.39 is 12.1 Å². The van der Waals surface area contributed by atoms with Crippen molar-refractivity contribution in [1.82, 2.24) is 10.2 Å². The van der Waals surface area contributed by atoms with Crippen molar-refractivity contribution < 1.29 is 19.4 Å². The van der Waals surface area contributed by atoms with Gasteiger partial charge in [0.25, 0.3) is 0 Å². The van der Waals surface area contributed by atoms with Crippen molar-refractivity contribution in [3.05, 3.63) is 65.7 Å². The van der Waals surface area contributed by atoms with Crippen LogP contribution in [0.1, 0.15) is 28.3 Å². The lowest BCUT2D eigenvalue weighted by atomic mass is 9.89. The average molecular weight is 408 g/mol. The number of aromatic nitrogens is 2. The Morgan fingerprint density at radius 3 is 2.53 bits per heavy atom. The number of para-hydroxylation sites is 1. The number of rotatable bonds is 4. The molecule has 3 aromatic rings. The van der Waals surface area contributed by atoms with Gasteiger partial charge in [0.05, 0.1) is 16.9 Å². The van der Waals surface area contributed by atoms with Crippen molar-refractivity contribution in [2.75, 3.05) is 23.7 Å². The Bertz CT molecular complexity index is 1070. The number of alkyl halides is 1. The first-order valence-electron chi connectivity index (χ1n) is 9.56. The summed E-state index contributed by atoms with van der Waals surface area (Å²) < 4.78 is 14.6. The lowest BCUT2D eigenvalue weighted by molar-refractivity contribution is 0.0697. The number of carbonyl (C=O) groups is 1. The third-order valence-corrected chi connectivity index (χ3v) is 5.35. The zero-order valence-corrected chi connectivity index (χ0v) is 16.1. The summed E-state index contributed by atoms with van der Waals surface area (Å²) in [6, 6.07) is 15.0. The Labute approximate surface area is 172 Å². The molecule has 0 bridgehead atoms. The van der Waals surface area contributed by atoms with E-state index in [1.807, 2.05) is 4.90 Å². The number of phenolic OH excluding ortho intramolecular Hbond substituents is 1. The van der Waals surface area contributed by atoms with E-state index >= 15 is 0 Å². The third-order valence-electron chi connectivity index (χ3n) is 5.35. The number of aromatic hydroxyl groups is 1. The molecule has 8 heteroatoms. The van der Waals surface area contributed by atoms with Gasteiger partial charge in [-0.15, -0.1) is 10.2 Å². The molecule has 4 N–H and O–H groups in total. The van der Waals surface area contributed by atoms with E-state index in [0.717, 1.165) is 5.56 Å². The maximum atomic E-state index is 14.6. The van der Waals surface area contributed by atoms with Gasteiger partial charge in [-0.1, -0.05) is 24.3 Å². The number of hydrogen-bond donors (Lipinski definition) is 3. The molecule has 1 saturated heterocycles. The normalized spacial score (nSPS) is 18.9. The van der Waals surface area contributed by atoms with Crippen LogP contribution in [-0.2, 0) is 0 Å². The van der Waals surface area contributed by atoms with E-state index in [0.29, 0.717) is 29.9 Å². The molecule has 2 unspecified atom stereocenters. The predicted octanol–water partition coefficient (Wildman–Crippen LogP) is 3.46. The van der Waals surface area contributed by atoms with Gasteiger partial charge in [0, 0.05) is 24.6 Å². The van der Waals surface area contributed by atoms with Crippen molar-refractivity contribution in [1.29, 1.82) is 0 Å². The molecule has 1 aliphatic heterocycles. The fourth-order valence-electron chi connectivity index (χ4n) is 3.84. The van der Waals surface area contributed by atoms with Gasteiger partial charge in [0.1, 0.15) is 11.9 Å². The first-order valence-corrected chi connectivity index (χ1v) is 9.56. The molecule has 0 saturated carbocycles. The molecule has 0 spiro atoms. The number of carboxylic acid groups (broad SMARTS) is 1. The number of phenols is 1. The Kier molecular flexibility index (Phi) is 5.22. The third kappa shape index (κ3) is 3.89. The summed E-state index contributed by atoms with van der Waals surface area (Å²) in [5, 5.41) is 27.3. The highest BCUT2D eigenvalue weighted by Gasteiger charge is 2.30. The quantitative estimate of drug-likeness (QED) is 0.606. The summed E-state index contributed by atoms with van der Waals surface area (Å²) >= 11 is 0. The topological polar surface area (TPSA) is 113 Å². The highest BCUT2D eigenvalue weighted by molar-refractivity contribution is 5.87. The highest BCUT2D eigenvalue weighted by Crippen LogP contribution is 2.36.